The molecule has 15 heteroatoms. The smallest absolute Gasteiger partial charge is 0.408 e. The molecule has 3 rings (SSSR count). The van der Waals surface area contributed by atoms with Crippen molar-refractivity contribution in [1.82, 2.24) is 25.5 Å². The van der Waals surface area contributed by atoms with E-state index in [2.05, 4.69) is 20.9 Å². The lowest BCUT2D eigenvalue weighted by atomic mass is 10.0. The first kappa shape index (κ1) is 41.3. The Balaban J connectivity index is 1.77. The number of carbonyl (C=O) groups excluding carboxylic acids is 3. The highest BCUT2D eigenvalue weighted by Crippen LogP contribution is 2.24. The van der Waals surface area contributed by atoms with Crippen LogP contribution in [-0.4, -0.2) is 87.1 Å². The standard InChI is InChI=1S/C36H49Cl2FN6O6/c1-22(2)19-28(42-33(47)29(43-35(50)51-36(3,4)5)20-23-7-9-24(39)10-8-23)32(46)41-26(34(48)49)12-14-31-40-27-21-25(11-13-30(27)44(31)6)45(17-15-37)18-16-38/h7-11,13,21-22,26,28-29H,12,14-20H2,1-6H3,(H,41,46)(H,42,47)(H,43,50)(H,48,49)/t26-,28+,29-/m0/s1. The zero-order valence-electron chi connectivity index (χ0n) is 30.0. The van der Waals surface area contributed by atoms with Gasteiger partial charge in [0.15, 0.2) is 0 Å². The number of nitrogens with zero attached hydrogens (tertiary/aromatic N) is 3. The third kappa shape index (κ3) is 12.9. The van der Waals surface area contributed by atoms with Gasteiger partial charge in [0, 0.05) is 50.4 Å². The number of nitrogens with one attached hydrogen (secondary N) is 3. The molecule has 3 amide bonds. The maximum absolute atomic E-state index is 13.6. The summed E-state index contributed by atoms with van der Waals surface area (Å²) >= 11 is 12.0. The summed E-state index contributed by atoms with van der Waals surface area (Å²) in [5, 5.41) is 17.9. The number of amides is 3. The van der Waals surface area contributed by atoms with Gasteiger partial charge in [0.05, 0.1) is 11.0 Å². The summed E-state index contributed by atoms with van der Waals surface area (Å²) in [7, 11) is 1.84. The van der Waals surface area contributed by atoms with Crippen LogP contribution in [0.4, 0.5) is 14.9 Å². The largest absolute Gasteiger partial charge is 0.480 e. The lowest BCUT2D eigenvalue weighted by Crippen LogP contribution is -2.56. The van der Waals surface area contributed by atoms with E-state index in [0.29, 0.717) is 36.2 Å². The molecule has 2 aromatic carbocycles. The van der Waals surface area contributed by atoms with E-state index in [-0.39, 0.29) is 31.6 Å². The first-order valence-electron chi connectivity index (χ1n) is 16.9. The second-order valence-electron chi connectivity index (χ2n) is 13.8. The lowest BCUT2D eigenvalue weighted by Gasteiger charge is -2.26. The van der Waals surface area contributed by atoms with Crippen LogP contribution in [0.3, 0.4) is 0 Å². The highest BCUT2D eigenvalue weighted by molar-refractivity contribution is 6.18. The number of hydrogen-bond acceptors (Lipinski definition) is 7. The molecule has 0 fully saturated rings. The SMILES string of the molecule is CC(C)C[C@@H](NC(=O)[C@H](Cc1ccc(F)cc1)NC(=O)OC(C)(C)C)C(=O)N[C@@H](CCc1nc2cc(N(CCCl)CCCl)ccc2n1C)C(=O)O. The van der Waals surface area contributed by atoms with Gasteiger partial charge in [0.2, 0.25) is 11.8 Å². The van der Waals surface area contributed by atoms with Gasteiger partial charge < -0.3 is 35.3 Å². The Kier molecular flexibility index (Phi) is 15.3. The monoisotopic (exact) mass is 750 g/mol. The molecule has 4 N–H and O–H groups in total. The second-order valence-corrected chi connectivity index (χ2v) is 14.5. The predicted molar refractivity (Wildman–Crippen MR) is 197 cm³/mol. The number of alkyl halides is 2. The summed E-state index contributed by atoms with van der Waals surface area (Å²) in [6.45, 7) is 9.99. The highest BCUT2D eigenvalue weighted by atomic mass is 35.5. The molecular weight excluding hydrogens is 702 g/mol. The van der Waals surface area contributed by atoms with Gasteiger partial charge >= 0.3 is 12.1 Å². The fraction of sp³-hybridized carbons (Fsp3) is 0.528. The summed E-state index contributed by atoms with van der Waals surface area (Å²) in [4.78, 5) is 59.1. The third-order valence-electron chi connectivity index (χ3n) is 8.00. The number of aromatic nitrogens is 2. The molecule has 0 bridgehead atoms. The average molecular weight is 752 g/mol. The molecule has 0 radical (unpaired) electrons. The number of alkyl carbamates (subject to hydrolysis) is 1. The van der Waals surface area contributed by atoms with E-state index < -0.39 is 53.4 Å². The van der Waals surface area contributed by atoms with Crippen LogP contribution in [0.1, 0.15) is 58.8 Å². The van der Waals surface area contributed by atoms with E-state index in [4.69, 9.17) is 32.9 Å². The first-order chi connectivity index (χ1) is 24.0. The normalized spacial score (nSPS) is 13.4. The summed E-state index contributed by atoms with van der Waals surface area (Å²) in [5.41, 5.74) is 2.22. The van der Waals surface area contributed by atoms with Crippen molar-refractivity contribution in [2.45, 2.75) is 84.0 Å². The number of aliphatic carboxylic acids is 1. The molecule has 0 aliphatic heterocycles. The number of aryl methyl sites for hydroxylation is 2. The molecule has 0 saturated carbocycles. The van der Waals surface area contributed by atoms with Gasteiger partial charge in [-0.25, -0.2) is 19.0 Å². The Morgan fingerprint density at radius 3 is 2.12 bits per heavy atom. The van der Waals surface area contributed by atoms with Gasteiger partial charge in [-0.05, 0) is 75.4 Å². The van der Waals surface area contributed by atoms with Crippen LogP contribution in [0.5, 0.6) is 0 Å². The zero-order valence-corrected chi connectivity index (χ0v) is 31.5. The van der Waals surface area contributed by atoms with Gasteiger partial charge in [-0.15, -0.1) is 23.2 Å². The number of rotatable bonds is 18. The van der Waals surface area contributed by atoms with Gasteiger partial charge in [0.1, 0.15) is 35.4 Å². The maximum atomic E-state index is 13.6. The van der Waals surface area contributed by atoms with Crippen LogP contribution in [0.2, 0.25) is 0 Å². The van der Waals surface area contributed by atoms with E-state index >= 15 is 0 Å². The minimum Gasteiger partial charge on any atom is -0.480 e. The van der Waals surface area contributed by atoms with Crippen molar-refractivity contribution in [2.24, 2.45) is 13.0 Å². The number of halogens is 3. The van der Waals surface area contributed by atoms with Crippen molar-refractivity contribution in [3.63, 3.8) is 0 Å². The predicted octanol–water partition coefficient (Wildman–Crippen LogP) is 5.17. The number of fused-ring (bicyclic) bond motifs is 1. The molecule has 280 valence electrons. The topological polar surface area (TPSA) is 155 Å². The molecule has 1 aromatic heterocycles. The van der Waals surface area contributed by atoms with Crippen LogP contribution >= 0.6 is 23.2 Å². The van der Waals surface area contributed by atoms with Crippen LogP contribution in [0.15, 0.2) is 42.5 Å². The van der Waals surface area contributed by atoms with Gasteiger partial charge in [-0.1, -0.05) is 26.0 Å². The number of carboxylic acid groups (broad SMARTS) is 1. The second kappa shape index (κ2) is 18.9. The fourth-order valence-electron chi connectivity index (χ4n) is 5.53. The molecule has 3 atom stereocenters. The average Bonchev–Trinajstić information content (AvgIpc) is 3.36. The van der Waals surface area contributed by atoms with Crippen molar-refractivity contribution in [2.75, 3.05) is 29.7 Å². The molecule has 1 heterocycles. The summed E-state index contributed by atoms with van der Waals surface area (Å²) in [5.74, 6) is -1.63. The molecule has 0 aliphatic rings. The quantitative estimate of drug-likeness (QED) is 0.130. The first-order valence-corrected chi connectivity index (χ1v) is 18.0. The van der Waals surface area contributed by atoms with Crippen molar-refractivity contribution in [3.8, 4) is 0 Å². The molecular formula is C36H49Cl2FN6O6. The number of imidazole rings is 1. The Bertz CT molecular complexity index is 1640. The summed E-state index contributed by atoms with van der Waals surface area (Å²) < 4.78 is 20.8. The van der Waals surface area contributed by atoms with Crippen LogP contribution < -0.4 is 20.9 Å². The molecule has 0 unspecified atom stereocenters. The fourth-order valence-corrected chi connectivity index (χ4v) is 5.93. The zero-order chi connectivity index (χ0) is 37.9. The Morgan fingerprint density at radius 1 is 0.941 bits per heavy atom. The molecule has 3 aromatic rings. The lowest BCUT2D eigenvalue weighted by molar-refractivity contribution is -0.142. The third-order valence-corrected chi connectivity index (χ3v) is 8.34. The maximum Gasteiger partial charge on any atom is 0.408 e. The Labute approximate surface area is 308 Å². The Hall–Kier alpha value is -4.10. The number of carbonyl (C=O) groups is 4. The van der Waals surface area contributed by atoms with Crippen LogP contribution in [0.25, 0.3) is 11.0 Å². The van der Waals surface area contributed by atoms with E-state index in [9.17, 15) is 28.7 Å². The summed E-state index contributed by atoms with van der Waals surface area (Å²) in [6, 6.07) is 7.72. The van der Waals surface area contributed by atoms with Crippen LogP contribution in [0, 0.1) is 11.7 Å². The van der Waals surface area contributed by atoms with E-state index in [1.807, 2.05) is 43.7 Å². The molecule has 0 spiro atoms. The summed E-state index contributed by atoms with van der Waals surface area (Å²) in [6.07, 6.45) is -0.397. The van der Waals surface area contributed by atoms with E-state index in [1.165, 1.54) is 24.3 Å². The Morgan fingerprint density at radius 2 is 1.55 bits per heavy atom. The number of carboxylic acids is 1. The number of ether oxygens (including phenoxy) is 1. The number of benzene rings is 2. The van der Waals surface area contributed by atoms with Gasteiger partial charge in [-0.3, -0.25) is 9.59 Å². The molecule has 12 nitrogen and oxygen atoms in total. The van der Waals surface area contributed by atoms with Gasteiger partial charge in [-0.2, -0.15) is 0 Å². The van der Waals surface area contributed by atoms with Gasteiger partial charge in [0.25, 0.3) is 0 Å². The minimum atomic E-state index is -1.28. The van der Waals surface area contributed by atoms with Crippen LogP contribution in [-0.2, 0) is 39.0 Å². The number of anilines is 1. The van der Waals surface area contributed by atoms with Crippen molar-refractivity contribution >= 4 is 63.8 Å². The van der Waals surface area contributed by atoms with E-state index in [0.717, 1.165) is 16.7 Å². The minimum absolute atomic E-state index is 0.0178. The number of hydrogen-bond donors (Lipinski definition) is 4. The van der Waals surface area contributed by atoms with E-state index in [1.54, 1.807) is 20.8 Å². The highest BCUT2D eigenvalue weighted by Gasteiger charge is 2.31. The molecule has 0 aliphatic carbocycles. The molecule has 51 heavy (non-hydrogen) atoms. The van der Waals surface area contributed by atoms with Crippen molar-refractivity contribution < 1.29 is 33.4 Å². The van der Waals surface area contributed by atoms with Crippen molar-refractivity contribution in [3.05, 3.63) is 59.7 Å². The molecule has 0 saturated heterocycles. The van der Waals surface area contributed by atoms with Crippen molar-refractivity contribution in [1.29, 1.82) is 0 Å².